The van der Waals surface area contributed by atoms with Gasteiger partial charge in [0.2, 0.25) is 0 Å². The zero-order valence-electron chi connectivity index (χ0n) is 15.8. The Morgan fingerprint density at radius 1 is 0.880 bits per heavy atom. The van der Waals surface area contributed by atoms with Crippen molar-refractivity contribution in [1.29, 1.82) is 0 Å². The van der Waals surface area contributed by atoms with Gasteiger partial charge in [0.1, 0.15) is 0 Å². The minimum absolute atomic E-state index is 0. The summed E-state index contributed by atoms with van der Waals surface area (Å²) in [6, 6.07) is 0.645. The molecule has 4 nitrogen and oxygen atoms in total. The first-order valence-corrected chi connectivity index (χ1v) is 8.61. The third-order valence-corrected chi connectivity index (χ3v) is 2.53. The summed E-state index contributed by atoms with van der Waals surface area (Å²) in [5.74, 6) is 0.753. The topological polar surface area (TPSA) is 64.5 Å². The molecular weight excluding hydrogens is 469 g/mol. The molecule has 2 saturated carbocycles. The molecule has 0 aromatic rings. The van der Waals surface area contributed by atoms with E-state index in [2.05, 4.69) is 29.5 Å². The van der Waals surface area contributed by atoms with E-state index in [1.54, 1.807) is 0 Å². The van der Waals surface area contributed by atoms with E-state index in [0.717, 1.165) is 18.9 Å². The molecule has 0 spiro atoms. The van der Waals surface area contributed by atoms with Crippen LogP contribution in [0.5, 0.6) is 0 Å². The van der Waals surface area contributed by atoms with Crippen molar-refractivity contribution in [2.45, 2.75) is 46.2 Å². The van der Waals surface area contributed by atoms with Crippen LogP contribution in [0.4, 0.5) is 0 Å². The maximum atomic E-state index is 5.40. The molecule has 0 aromatic carbocycles. The van der Waals surface area contributed by atoms with Crippen LogP contribution in [0.2, 0.25) is 0 Å². The average Bonchev–Trinajstić information content (AvgIpc) is 3.25. The van der Waals surface area contributed by atoms with E-state index in [9.17, 15) is 0 Å². The Morgan fingerprint density at radius 2 is 1.28 bits per heavy atom. The number of nitrogens with zero attached hydrogens (tertiary/aromatic N) is 2. The molecule has 2 fully saturated rings. The number of guanidine groups is 1. The molecule has 145 valence electrons. The van der Waals surface area contributed by atoms with Crippen molar-refractivity contribution >= 4 is 5.96 Å². The molecule has 0 atom stereocenters. The van der Waals surface area contributed by atoms with E-state index in [0.29, 0.717) is 12.6 Å². The van der Waals surface area contributed by atoms with Crippen molar-refractivity contribution in [2.75, 3.05) is 13.1 Å². The molecule has 25 heavy (non-hydrogen) atoms. The fourth-order valence-electron chi connectivity index (χ4n) is 1.54. The van der Waals surface area contributed by atoms with E-state index in [1.807, 2.05) is 78.1 Å². The van der Waals surface area contributed by atoms with Gasteiger partial charge in [-0.3, -0.25) is 0 Å². The SMILES string of the molecule is CC(C)N=C([N-]CCCN)NC(C)C.[CH]1[CH][CH][CH][CH]1.[CH]1[CH][CH][CH][CH]1.[Yb+3]. The second-order valence-electron chi connectivity index (χ2n) is 5.79. The number of nitrogens with two attached hydrogens (primary N) is 1. The quantitative estimate of drug-likeness (QED) is 0.343. The smallest absolute Gasteiger partial charge is 0.437 e. The van der Waals surface area contributed by atoms with Crippen LogP contribution in [0.15, 0.2) is 4.99 Å². The number of nitrogens with one attached hydrogen (secondary N) is 1. The van der Waals surface area contributed by atoms with Crippen LogP contribution in [0, 0.1) is 111 Å². The fraction of sp³-hybridized carbons (Fsp3) is 0.450. The average molecular weight is 503 g/mol. The zero-order chi connectivity index (χ0) is 18.0. The van der Waals surface area contributed by atoms with Gasteiger partial charge in [-0.25, -0.2) is 0 Å². The van der Waals surface area contributed by atoms with Crippen molar-refractivity contribution in [3.63, 3.8) is 0 Å². The molecule has 0 unspecified atom stereocenters. The van der Waals surface area contributed by atoms with E-state index in [-0.39, 0.29) is 53.0 Å². The van der Waals surface area contributed by atoms with Gasteiger partial charge < -0.3 is 21.4 Å². The second-order valence-corrected chi connectivity index (χ2v) is 5.79. The minimum atomic E-state index is 0. The molecule has 11 radical (unpaired) electrons. The van der Waals surface area contributed by atoms with Crippen molar-refractivity contribution in [2.24, 2.45) is 10.7 Å². The van der Waals surface area contributed by atoms with E-state index < -0.39 is 0 Å². The molecule has 0 aliphatic heterocycles. The summed E-state index contributed by atoms with van der Waals surface area (Å²) in [7, 11) is 0. The molecule has 2 aliphatic carbocycles. The molecular formula is C20H33N4Yb+2. The summed E-state index contributed by atoms with van der Waals surface area (Å²) >= 11 is 0. The van der Waals surface area contributed by atoms with Gasteiger partial charge in [-0.15, -0.1) is 0 Å². The summed E-state index contributed by atoms with van der Waals surface area (Å²) in [6.45, 7) is 9.67. The Bertz CT molecular complexity index is 260. The van der Waals surface area contributed by atoms with E-state index in [1.165, 1.54) is 0 Å². The largest absolute Gasteiger partial charge is 3.00 e. The van der Waals surface area contributed by atoms with Gasteiger partial charge in [0.25, 0.3) is 0 Å². The summed E-state index contributed by atoms with van der Waals surface area (Å²) < 4.78 is 0. The molecule has 0 saturated heterocycles. The Balaban J connectivity index is 0. The van der Waals surface area contributed by atoms with Crippen LogP contribution in [0.3, 0.4) is 0 Å². The molecule has 2 rings (SSSR count). The third-order valence-electron chi connectivity index (χ3n) is 2.53. The first-order chi connectivity index (χ1) is 11.6. The number of aliphatic imine (C=N–C) groups is 1. The molecule has 0 bridgehead atoms. The molecule has 0 amide bonds. The predicted octanol–water partition coefficient (Wildman–Crippen LogP) is 3.51. The van der Waals surface area contributed by atoms with Gasteiger partial charge in [-0.2, -0.15) is 0 Å². The van der Waals surface area contributed by atoms with Gasteiger partial charge in [0.15, 0.2) is 0 Å². The van der Waals surface area contributed by atoms with Gasteiger partial charge in [-0.1, -0.05) is 27.7 Å². The predicted molar refractivity (Wildman–Crippen MR) is 106 cm³/mol. The van der Waals surface area contributed by atoms with Gasteiger partial charge in [0.05, 0.1) is 0 Å². The molecule has 3 N–H and O–H groups in total. The van der Waals surface area contributed by atoms with Gasteiger partial charge in [-0.05, 0) is 95.8 Å². The maximum Gasteiger partial charge on any atom is 3.00 e. The number of hydrogen-bond donors (Lipinski definition) is 2. The van der Waals surface area contributed by atoms with Crippen LogP contribution in [-0.4, -0.2) is 31.1 Å². The summed E-state index contributed by atoms with van der Waals surface area (Å²) in [4.78, 5) is 4.39. The fourth-order valence-corrected chi connectivity index (χ4v) is 1.54. The third kappa shape index (κ3) is 22.7. The number of hydrogen-bond acceptors (Lipinski definition) is 2. The Kier molecular flexibility index (Phi) is 23.5. The monoisotopic (exact) mass is 503 g/mol. The first-order valence-electron chi connectivity index (χ1n) is 8.61. The zero-order valence-corrected chi connectivity index (χ0v) is 17.5. The van der Waals surface area contributed by atoms with Crippen LogP contribution < -0.4 is 11.1 Å². The first kappa shape index (κ1) is 28.0. The number of rotatable bonds is 5. The van der Waals surface area contributed by atoms with Crippen molar-refractivity contribution in [1.82, 2.24) is 5.32 Å². The molecule has 5 heteroatoms. The normalized spacial score (nSPS) is 16.5. The van der Waals surface area contributed by atoms with E-state index >= 15 is 0 Å². The Hall–Kier alpha value is 0.749. The van der Waals surface area contributed by atoms with Crippen LogP contribution >= 0.6 is 0 Å². The Morgan fingerprint density at radius 3 is 1.56 bits per heavy atom. The maximum absolute atomic E-state index is 5.40. The van der Waals surface area contributed by atoms with Crippen molar-refractivity contribution < 1.29 is 46.9 Å². The molecule has 2 aliphatic rings. The van der Waals surface area contributed by atoms with Gasteiger partial charge >= 0.3 is 46.9 Å². The van der Waals surface area contributed by atoms with Crippen LogP contribution in [-0.2, 0) is 0 Å². The van der Waals surface area contributed by atoms with Crippen molar-refractivity contribution in [3.05, 3.63) is 69.5 Å². The minimum Gasteiger partial charge on any atom is -0.437 e. The Labute approximate surface area is 196 Å². The summed E-state index contributed by atoms with van der Waals surface area (Å²) in [5.41, 5.74) is 5.40. The van der Waals surface area contributed by atoms with Crippen LogP contribution in [0.1, 0.15) is 34.1 Å². The van der Waals surface area contributed by atoms with E-state index in [4.69, 9.17) is 5.73 Å². The standard InChI is InChI=1S/C10H23N4.2C5H5.Yb/c1-8(2)13-10(14-9(3)4)12-7-5-6-11;2*1-2-4-5-3-1;/h8-9H,5-7,11H2,1-4H3,(H-,12,13,14);2*1-5H;/q-1;;;+3. The van der Waals surface area contributed by atoms with Crippen molar-refractivity contribution in [3.8, 4) is 0 Å². The molecule has 0 aromatic heterocycles. The summed E-state index contributed by atoms with van der Waals surface area (Å²) in [5, 5.41) is 7.57. The second kappa shape index (κ2) is 21.1. The molecule has 0 heterocycles. The summed E-state index contributed by atoms with van der Waals surface area (Å²) in [6.07, 6.45) is 20.9. The van der Waals surface area contributed by atoms with Gasteiger partial charge in [0, 0.05) is 5.96 Å². The van der Waals surface area contributed by atoms with Crippen LogP contribution in [0.25, 0.3) is 5.32 Å².